The summed E-state index contributed by atoms with van der Waals surface area (Å²) >= 11 is 0. The minimum Gasteiger partial charge on any atom is -0.370 e. The van der Waals surface area contributed by atoms with E-state index in [0.29, 0.717) is 18.4 Å². The lowest BCUT2D eigenvalue weighted by Crippen LogP contribution is -2.41. The van der Waals surface area contributed by atoms with E-state index in [1.54, 1.807) is 12.1 Å². The summed E-state index contributed by atoms with van der Waals surface area (Å²) in [6, 6.07) is 16.0. The Labute approximate surface area is 178 Å². The molecule has 0 aromatic heterocycles. The molecule has 2 heterocycles. The van der Waals surface area contributed by atoms with Crippen molar-refractivity contribution in [1.29, 1.82) is 0 Å². The van der Waals surface area contributed by atoms with Gasteiger partial charge in [0.1, 0.15) is 5.82 Å². The van der Waals surface area contributed by atoms with Gasteiger partial charge in [-0.15, -0.1) is 0 Å². The Kier molecular flexibility index (Phi) is 5.02. The molecule has 30 heavy (non-hydrogen) atoms. The smallest absolute Gasteiger partial charge is 0.226 e. The van der Waals surface area contributed by atoms with Gasteiger partial charge in [0.2, 0.25) is 5.91 Å². The van der Waals surface area contributed by atoms with Crippen LogP contribution in [0.25, 0.3) is 0 Å². The maximum atomic E-state index is 13.3. The second-order valence-corrected chi connectivity index (χ2v) is 9.22. The van der Waals surface area contributed by atoms with Gasteiger partial charge in [-0.1, -0.05) is 24.3 Å². The van der Waals surface area contributed by atoms with Crippen LogP contribution in [0.5, 0.6) is 0 Å². The highest BCUT2D eigenvalue weighted by molar-refractivity contribution is 5.79. The van der Waals surface area contributed by atoms with E-state index >= 15 is 0 Å². The summed E-state index contributed by atoms with van der Waals surface area (Å²) < 4.78 is 13.3. The fraction of sp³-hybridized carbons (Fsp3) is 0.480. The molecule has 2 aromatic rings. The molecule has 2 saturated heterocycles. The number of anilines is 1. The molecular formula is C25H30FN3O. The summed E-state index contributed by atoms with van der Waals surface area (Å²) in [6.07, 6.45) is 3.73. The molecule has 3 aliphatic rings. The molecule has 5 heteroatoms. The highest BCUT2D eigenvalue weighted by atomic mass is 19.1. The fourth-order valence-electron chi connectivity index (χ4n) is 5.47. The first-order valence-corrected chi connectivity index (χ1v) is 11.1. The normalized spacial score (nSPS) is 27.8. The Hall–Kier alpha value is -2.40. The molecule has 5 rings (SSSR count). The number of carbonyl (C=O) groups is 1. The summed E-state index contributed by atoms with van der Waals surface area (Å²) in [4.78, 5) is 17.3. The second kappa shape index (κ2) is 7.69. The van der Waals surface area contributed by atoms with Gasteiger partial charge >= 0.3 is 0 Å². The molecule has 0 bridgehead atoms. The lowest BCUT2D eigenvalue weighted by molar-refractivity contribution is -0.131. The number of piperidine rings is 1. The molecule has 1 N–H and O–H groups in total. The SMILES string of the molecule is CNC1CCN(c2ccc(CC(=O)N3CCC4(c5ccc(F)cc5)CC4C3)cc2)C1. The molecule has 2 aliphatic heterocycles. The van der Waals surface area contributed by atoms with Crippen molar-refractivity contribution in [2.45, 2.75) is 37.1 Å². The molecule has 1 aliphatic carbocycles. The largest absolute Gasteiger partial charge is 0.370 e. The minimum atomic E-state index is -0.183. The van der Waals surface area contributed by atoms with Crippen LogP contribution in [0.15, 0.2) is 48.5 Å². The summed E-state index contributed by atoms with van der Waals surface area (Å²) in [5, 5.41) is 3.35. The first kappa shape index (κ1) is 19.6. The standard InChI is InChI=1S/C25H30FN3O/c1-27-22-10-12-28(17-22)23-8-2-18(3-9-23)14-24(30)29-13-11-25(15-20(25)16-29)19-4-6-21(26)7-5-19/h2-9,20,22,27H,10-17H2,1H3. The Balaban J connectivity index is 1.17. The van der Waals surface area contributed by atoms with Crippen LogP contribution in [-0.2, 0) is 16.6 Å². The number of hydrogen-bond donors (Lipinski definition) is 1. The number of nitrogens with one attached hydrogen (secondary N) is 1. The van der Waals surface area contributed by atoms with Gasteiger partial charge in [-0.25, -0.2) is 4.39 Å². The molecule has 3 fully saturated rings. The number of benzene rings is 2. The quantitative estimate of drug-likeness (QED) is 0.826. The second-order valence-electron chi connectivity index (χ2n) is 9.22. The van der Waals surface area contributed by atoms with Crippen molar-refractivity contribution in [1.82, 2.24) is 10.2 Å². The third kappa shape index (κ3) is 3.60. The summed E-state index contributed by atoms with van der Waals surface area (Å²) in [5.41, 5.74) is 3.73. The molecule has 2 aromatic carbocycles. The molecule has 3 unspecified atom stereocenters. The number of likely N-dealkylation sites (N-methyl/N-ethyl adjacent to an activating group) is 1. The number of likely N-dealkylation sites (tertiary alicyclic amines) is 1. The lowest BCUT2D eigenvalue weighted by atomic mass is 9.87. The van der Waals surface area contributed by atoms with Crippen LogP contribution in [0.1, 0.15) is 30.4 Å². The summed E-state index contributed by atoms with van der Waals surface area (Å²) in [5.74, 6) is 0.551. The molecule has 1 saturated carbocycles. The van der Waals surface area contributed by atoms with Crippen LogP contribution < -0.4 is 10.2 Å². The summed E-state index contributed by atoms with van der Waals surface area (Å²) in [7, 11) is 2.02. The molecular weight excluding hydrogens is 377 g/mol. The van der Waals surface area contributed by atoms with Gasteiger partial charge < -0.3 is 15.1 Å². The van der Waals surface area contributed by atoms with Crippen LogP contribution >= 0.6 is 0 Å². The molecule has 4 nitrogen and oxygen atoms in total. The average molecular weight is 408 g/mol. The Morgan fingerprint density at radius 2 is 1.87 bits per heavy atom. The predicted octanol–water partition coefficient (Wildman–Crippen LogP) is 3.36. The van der Waals surface area contributed by atoms with Crippen LogP contribution in [0.4, 0.5) is 10.1 Å². The van der Waals surface area contributed by atoms with Gasteiger partial charge in [0.15, 0.2) is 0 Å². The Morgan fingerprint density at radius 1 is 1.10 bits per heavy atom. The number of amides is 1. The molecule has 0 spiro atoms. The first-order chi connectivity index (χ1) is 14.6. The maximum Gasteiger partial charge on any atom is 0.226 e. The Morgan fingerprint density at radius 3 is 2.53 bits per heavy atom. The third-order valence-corrected chi connectivity index (χ3v) is 7.53. The van der Waals surface area contributed by atoms with Crippen LogP contribution in [0.2, 0.25) is 0 Å². The maximum absolute atomic E-state index is 13.3. The zero-order valence-electron chi connectivity index (χ0n) is 17.6. The predicted molar refractivity (Wildman–Crippen MR) is 117 cm³/mol. The monoisotopic (exact) mass is 407 g/mol. The van der Waals surface area contributed by atoms with E-state index in [0.717, 1.165) is 44.6 Å². The highest BCUT2D eigenvalue weighted by Crippen LogP contribution is 2.59. The van der Waals surface area contributed by atoms with Gasteiger partial charge in [0, 0.05) is 43.3 Å². The van der Waals surface area contributed by atoms with Crippen molar-refractivity contribution in [3.05, 3.63) is 65.5 Å². The Bertz CT molecular complexity index is 913. The third-order valence-electron chi connectivity index (χ3n) is 7.53. The van der Waals surface area contributed by atoms with E-state index in [1.807, 2.05) is 24.1 Å². The number of carbonyl (C=O) groups excluding carboxylic acids is 1. The van der Waals surface area contributed by atoms with Crippen molar-refractivity contribution in [2.24, 2.45) is 5.92 Å². The van der Waals surface area contributed by atoms with Gasteiger partial charge in [-0.05, 0) is 67.6 Å². The van der Waals surface area contributed by atoms with E-state index in [1.165, 1.54) is 17.7 Å². The van der Waals surface area contributed by atoms with Crippen LogP contribution in [-0.4, -0.2) is 50.1 Å². The number of rotatable bonds is 5. The average Bonchev–Trinajstić information content (AvgIpc) is 3.32. The minimum absolute atomic E-state index is 0.174. The fourth-order valence-corrected chi connectivity index (χ4v) is 5.47. The topological polar surface area (TPSA) is 35.6 Å². The number of hydrogen-bond acceptors (Lipinski definition) is 3. The lowest BCUT2D eigenvalue weighted by Gasteiger charge is -2.32. The van der Waals surface area contributed by atoms with Gasteiger partial charge in [-0.3, -0.25) is 4.79 Å². The van der Waals surface area contributed by atoms with Crippen molar-refractivity contribution >= 4 is 11.6 Å². The first-order valence-electron chi connectivity index (χ1n) is 11.1. The molecule has 1 amide bonds. The van der Waals surface area contributed by atoms with Crippen molar-refractivity contribution in [3.63, 3.8) is 0 Å². The van der Waals surface area contributed by atoms with Crippen LogP contribution in [0, 0.1) is 11.7 Å². The van der Waals surface area contributed by atoms with Gasteiger partial charge in [-0.2, -0.15) is 0 Å². The highest BCUT2D eigenvalue weighted by Gasteiger charge is 2.57. The van der Waals surface area contributed by atoms with E-state index in [9.17, 15) is 9.18 Å². The molecule has 158 valence electrons. The molecule has 0 radical (unpaired) electrons. The zero-order valence-corrected chi connectivity index (χ0v) is 17.6. The van der Waals surface area contributed by atoms with Crippen molar-refractivity contribution < 1.29 is 9.18 Å². The number of nitrogens with zero attached hydrogens (tertiary/aromatic N) is 2. The van der Waals surface area contributed by atoms with Gasteiger partial charge in [0.05, 0.1) is 6.42 Å². The van der Waals surface area contributed by atoms with E-state index in [-0.39, 0.29) is 17.1 Å². The van der Waals surface area contributed by atoms with E-state index < -0.39 is 0 Å². The van der Waals surface area contributed by atoms with Gasteiger partial charge in [0.25, 0.3) is 0 Å². The van der Waals surface area contributed by atoms with Crippen LogP contribution in [0.3, 0.4) is 0 Å². The van der Waals surface area contributed by atoms with Crippen molar-refractivity contribution in [2.75, 3.05) is 38.1 Å². The van der Waals surface area contributed by atoms with Crippen molar-refractivity contribution in [3.8, 4) is 0 Å². The summed E-state index contributed by atoms with van der Waals surface area (Å²) in [6.45, 7) is 3.74. The number of halogens is 1. The van der Waals surface area contributed by atoms with E-state index in [2.05, 4.69) is 34.5 Å². The molecule has 3 atom stereocenters. The van der Waals surface area contributed by atoms with E-state index in [4.69, 9.17) is 0 Å². The number of fused-ring (bicyclic) bond motifs is 1. The zero-order chi connectivity index (χ0) is 20.7.